The van der Waals surface area contributed by atoms with Gasteiger partial charge in [-0.05, 0) is 24.3 Å². The second-order valence-electron chi connectivity index (χ2n) is 4.26. The lowest BCUT2D eigenvalue weighted by atomic mass is 10.1. The van der Waals surface area contributed by atoms with Gasteiger partial charge in [-0.1, -0.05) is 28.1 Å². The molecule has 0 fully saturated rings. The number of aromatic carboxylic acids is 1. The number of carboxylic acid groups (broad SMARTS) is 1. The highest BCUT2D eigenvalue weighted by molar-refractivity contribution is 9.10. The molecule has 0 saturated heterocycles. The van der Waals surface area contributed by atoms with Crippen LogP contribution in [-0.2, 0) is 0 Å². The molecule has 1 N–H and O–H groups in total. The number of furan rings is 1. The maximum Gasteiger partial charge on any atom is 0.340 e. The van der Waals surface area contributed by atoms with Gasteiger partial charge >= 0.3 is 5.97 Å². The zero-order chi connectivity index (χ0) is 14.3. The average molecular weight is 335 g/mol. The van der Waals surface area contributed by atoms with Crippen LogP contribution in [0.2, 0.25) is 0 Å². The second-order valence-corrected chi connectivity index (χ2v) is 5.17. The molecule has 100 valence electrons. The van der Waals surface area contributed by atoms with Crippen molar-refractivity contribution in [3.63, 3.8) is 0 Å². The molecule has 1 aromatic heterocycles. The summed E-state index contributed by atoms with van der Waals surface area (Å²) in [5.74, 6) is -1.34. The number of carbonyl (C=O) groups is 1. The first-order valence-corrected chi connectivity index (χ1v) is 6.57. The molecule has 1 heterocycles. The SMILES string of the molecule is O=C(O)c1c(-c2ccc(Br)cc2)oc2cc(F)ccc12. The Kier molecular flexibility index (Phi) is 3.06. The van der Waals surface area contributed by atoms with Gasteiger partial charge in [0.15, 0.2) is 0 Å². The first-order valence-electron chi connectivity index (χ1n) is 5.77. The molecule has 2 aromatic carbocycles. The quantitative estimate of drug-likeness (QED) is 0.738. The van der Waals surface area contributed by atoms with E-state index in [0.29, 0.717) is 10.9 Å². The lowest BCUT2D eigenvalue weighted by Crippen LogP contribution is -1.97. The monoisotopic (exact) mass is 334 g/mol. The fourth-order valence-corrected chi connectivity index (χ4v) is 2.35. The predicted octanol–water partition coefficient (Wildman–Crippen LogP) is 4.70. The largest absolute Gasteiger partial charge is 0.478 e. The van der Waals surface area contributed by atoms with Crippen LogP contribution < -0.4 is 0 Å². The van der Waals surface area contributed by atoms with Crippen molar-refractivity contribution >= 4 is 32.9 Å². The summed E-state index contributed by atoms with van der Waals surface area (Å²) >= 11 is 3.31. The summed E-state index contributed by atoms with van der Waals surface area (Å²) in [7, 11) is 0. The van der Waals surface area contributed by atoms with E-state index in [4.69, 9.17) is 4.42 Å². The molecule has 0 spiro atoms. The minimum atomic E-state index is -1.10. The van der Waals surface area contributed by atoms with Crippen LogP contribution in [0.3, 0.4) is 0 Å². The molecular weight excluding hydrogens is 327 g/mol. The zero-order valence-corrected chi connectivity index (χ0v) is 11.6. The van der Waals surface area contributed by atoms with Crippen molar-refractivity contribution in [3.8, 4) is 11.3 Å². The number of carboxylic acids is 1. The maximum atomic E-state index is 13.2. The summed E-state index contributed by atoms with van der Waals surface area (Å²) in [6.07, 6.45) is 0. The van der Waals surface area contributed by atoms with Crippen molar-refractivity contribution in [1.82, 2.24) is 0 Å². The second kappa shape index (κ2) is 4.76. The number of fused-ring (bicyclic) bond motifs is 1. The molecule has 3 nitrogen and oxygen atoms in total. The molecule has 3 rings (SSSR count). The molecule has 0 aliphatic rings. The molecule has 0 radical (unpaired) electrons. The molecule has 0 amide bonds. The molecule has 20 heavy (non-hydrogen) atoms. The Hall–Kier alpha value is -2.14. The fourth-order valence-electron chi connectivity index (χ4n) is 2.09. The molecule has 5 heteroatoms. The minimum Gasteiger partial charge on any atom is -0.478 e. The first kappa shape index (κ1) is 12.9. The van der Waals surface area contributed by atoms with Crippen molar-refractivity contribution in [2.45, 2.75) is 0 Å². The molecule has 0 atom stereocenters. The van der Waals surface area contributed by atoms with E-state index in [1.54, 1.807) is 24.3 Å². The van der Waals surface area contributed by atoms with Crippen LogP contribution in [0.1, 0.15) is 10.4 Å². The van der Waals surface area contributed by atoms with Gasteiger partial charge in [0.05, 0.1) is 0 Å². The third kappa shape index (κ3) is 2.10. The fraction of sp³-hybridized carbons (Fsp3) is 0. The van der Waals surface area contributed by atoms with Crippen LogP contribution in [0.15, 0.2) is 51.4 Å². The minimum absolute atomic E-state index is 0.0438. The van der Waals surface area contributed by atoms with Gasteiger partial charge < -0.3 is 9.52 Å². The number of benzene rings is 2. The summed E-state index contributed by atoms with van der Waals surface area (Å²) < 4.78 is 19.6. The highest BCUT2D eigenvalue weighted by atomic mass is 79.9. The predicted molar refractivity (Wildman–Crippen MR) is 76.3 cm³/mol. The van der Waals surface area contributed by atoms with Gasteiger partial charge in [0.1, 0.15) is 22.7 Å². The van der Waals surface area contributed by atoms with Crippen molar-refractivity contribution in [2.24, 2.45) is 0 Å². The highest BCUT2D eigenvalue weighted by Gasteiger charge is 2.21. The standard InChI is InChI=1S/C15H8BrFO3/c16-9-3-1-8(2-4-9)14-13(15(18)19)11-6-5-10(17)7-12(11)20-14/h1-7H,(H,18,19). The summed E-state index contributed by atoms with van der Waals surface area (Å²) in [6, 6.07) is 10.9. The van der Waals surface area contributed by atoms with Crippen molar-refractivity contribution in [3.05, 3.63) is 58.3 Å². The Labute approximate surface area is 121 Å². The third-order valence-corrected chi connectivity index (χ3v) is 3.50. The average Bonchev–Trinajstić information content (AvgIpc) is 2.77. The molecule has 0 unspecified atom stereocenters. The maximum absolute atomic E-state index is 13.2. The molecular formula is C15H8BrFO3. The van der Waals surface area contributed by atoms with E-state index < -0.39 is 11.8 Å². The van der Waals surface area contributed by atoms with E-state index in [1.165, 1.54) is 18.2 Å². The van der Waals surface area contributed by atoms with Crippen molar-refractivity contribution < 1.29 is 18.7 Å². The van der Waals surface area contributed by atoms with Gasteiger partial charge in [-0.25, -0.2) is 9.18 Å². The summed E-state index contributed by atoms with van der Waals surface area (Å²) in [4.78, 5) is 11.5. The lowest BCUT2D eigenvalue weighted by molar-refractivity contribution is 0.0699. The Bertz CT molecular complexity index is 806. The van der Waals surface area contributed by atoms with Gasteiger partial charge in [0.25, 0.3) is 0 Å². The van der Waals surface area contributed by atoms with E-state index in [9.17, 15) is 14.3 Å². The molecule has 3 aromatic rings. The first-order chi connectivity index (χ1) is 9.56. The number of hydrogen-bond donors (Lipinski definition) is 1. The molecule has 0 bridgehead atoms. The van der Waals surface area contributed by atoms with Gasteiger partial charge in [-0.3, -0.25) is 0 Å². The van der Waals surface area contributed by atoms with Crippen LogP contribution in [0, 0.1) is 5.82 Å². The van der Waals surface area contributed by atoms with Gasteiger partial charge in [0.2, 0.25) is 0 Å². The van der Waals surface area contributed by atoms with Crippen LogP contribution in [-0.4, -0.2) is 11.1 Å². The highest BCUT2D eigenvalue weighted by Crippen LogP contribution is 2.34. The normalized spacial score (nSPS) is 10.9. The number of hydrogen-bond acceptors (Lipinski definition) is 2. The summed E-state index contributed by atoms with van der Waals surface area (Å²) in [5.41, 5.74) is 0.893. The van der Waals surface area contributed by atoms with Crippen molar-refractivity contribution in [1.29, 1.82) is 0 Å². The number of halogens is 2. The Morgan fingerprint density at radius 2 is 1.85 bits per heavy atom. The summed E-state index contributed by atoms with van der Waals surface area (Å²) in [5, 5.41) is 9.76. The van der Waals surface area contributed by atoms with Crippen LogP contribution in [0.25, 0.3) is 22.3 Å². The summed E-state index contributed by atoms with van der Waals surface area (Å²) in [6.45, 7) is 0. The van der Waals surface area contributed by atoms with Crippen LogP contribution >= 0.6 is 15.9 Å². The Morgan fingerprint density at radius 1 is 1.15 bits per heavy atom. The van der Waals surface area contributed by atoms with E-state index >= 15 is 0 Å². The Morgan fingerprint density at radius 3 is 2.50 bits per heavy atom. The Balaban J connectivity index is 2.31. The van der Waals surface area contributed by atoms with E-state index in [-0.39, 0.29) is 16.9 Å². The van der Waals surface area contributed by atoms with Gasteiger partial charge in [-0.2, -0.15) is 0 Å². The van der Waals surface area contributed by atoms with E-state index in [2.05, 4.69) is 15.9 Å². The zero-order valence-electron chi connectivity index (χ0n) is 10.1. The lowest BCUT2D eigenvalue weighted by Gasteiger charge is -1.99. The van der Waals surface area contributed by atoms with Crippen molar-refractivity contribution in [2.75, 3.05) is 0 Å². The van der Waals surface area contributed by atoms with E-state index in [0.717, 1.165) is 4.47 Å². The van der Waals surface area contributed by atoms with Gasteiger partial charge in [-0.15, -0.1) is 0 Å². The molecule has 0 aliphatic heterocycles. The molecule has 0 aliphatic carbocycles. The number of rotatable bonds is 2. The topological polar surface area (TPSA) is 50.4 Å². The van der Waals surface area contributed by atoms with Crippen LogP contribution in [0.5, 0.6) is 0 Å². The van der Waals surface area contributed by atoms with Crippen LogP contribution in [0.4, 0.5) is 4.39 Å². The third-order valence-electron chi connectivity index (χ3n) is 2.97. The smallest absolute Gasteiger partial charge is 0.340 e. The van der Waals surface area contributed by atoms with E-state index in [1.807, 2.05) is 0 Å². The van der Waals surface area contributed by atoms with Gasteiger partial charge in [0, 0.05) is 21.5 Å². The molecule has 0 saturated carbocycles.